The monoisotopic (exact) mass is 615 g/mol. The van der Waals surface area contributed by atoms with Crippen LogP contribution in [0.4, 0.5) is 10.8 Å². The topological polar surface area (TPSA) is 177 Å². The molecule has 2 aliphatic rings. The Hall–Kier alpha value is -4.67. The smallest absolute Gasteiger partial charge is 0.250 e. The van der Waals surface area contributed by atoms with E-state index in [0.29, 0.717) is 45.0 Å². The second-order valence-electron chi connectivity index (χ2n) is 10.9. The first-order valence-electron chi connectivity index (χ1n) is 13.3. The van der Waals surface area contributed by atoms with Gasteiger partial charge in [-0.2, -0.15) is 5.26 Å². The van der Waals surface area contributed by atoms with E-state index in [1.165, 1.54) is 17.4 Å². The molecule has 1 unspecified atom stereocenters. The van der Waals surface area contributed by atoms with Gasteiger partial charge in [-0.05, 0) is 41.7 Å². The molecule has 0 saturated carbocycles. The number of hydrogen-bond donors (Lipinski definition) is 3. The van der Waals surface area contributed by atoms with E-state index in [9.17, 15) is 19.6 Å². The number of carbonyl (C=O) groups is 3. The van der Waals surface area contributed by atoms with E-state index in [0.717, 1.165) is 17.3 Å². The fourth-order valence-electron chi connectivity index (χ4n) is 5.35. The molecule has 0 saturated heterocycles. The van der Waals surface area contributed by atoms with Crippen LogP contribution in [0.1, 0.15) is 48.5 Å². The fourth-order valence-corrected chi connectivity index (χ4v) is 7.03. The van der Waals surface area contributed by atoms with Gasteiger partial charge in [0, 0.05) is 17.7 Å². The van der Waals surface area contributed by atoms with E-state index in [4.69, 9.17) is 16.2 Å². The minimum Gasteiger partial charge on any atom is -0.497 e. The number of benzene rings is 2. The molecule has 13 heteroatoms. The second-order valence-corrected chi connectivity index (χ2v) is 13.0. The summed E-state index contributed by atoms with van der Waals surface area (Å²) >= 11 is 2.35. The van der Waals surface area contributed by atoms with Gasteiger partial charge in [-0.15, -0.1) is 10.2 Å². The number of carbonyl (C=O) groups excluding carboxylic acids is 3. The van der Waals surface area contributed by atoms with E-state index in [1.54, 1.807) is 36.3 Å². The standard InChI is InChI=1S/C30H29N7O4S2/c1-30(2)12-21-25(22(38)13-30)24(16-7-6-8-17(11-16)41-3)19(14-31)26(32)37(21)28-35-36-29(43-28)42-15-23(39)34-20-10-5-4-9-18(20)27(33)40/h4-11,24H,12-13,15,32H2,1-3H3,(H2,33,40)(H,34,39). The third-order valence-electron chi connectivity index (χ3n) is 7.19. The number of nitriles is 1. The molecule has 2 heterocycles. The molecule has 220 valence electrons. The maximum Gasteiger partial charge on any atom is 0.250 e. The summed E-state index contributed by atoms with van der Waals surface area (Å²) in [6.07, 6.45) is 0.849. The van der Waals surface area contributed by atoms with Crippen molar-refractivity contribution in [3.05, 3.63) is 82.3 Å². The number of nitrogens with one attached hydrogen (secondary N) is 1. The van der Waals surface area contributed by atoms with Crippen LogP contribution in [0.5, 0.6) is 5.75 Å². The van der Waals surface area contributed by atoms with Crippen molar-refractivity contribution in [3.8, 4) is 11.8 Å². The number of thioether (sulfide) groups is 1. The molecule has 0 radical (unpaired) electrons. The van der Waals surface area contributed by atoms with Crippen molar-refractivity contribution in [2.75, 3.05) is 23.1 Å². The van der Waals surface area contributed by atoms with Gasteiger partial charge in [0.15, 0.2) is 10.1 Å². The van der Waals surface area contributed by atoms with Crippen LogP contribution in [0.3, 0.4) is 0 Å². The van der Waals surface area contributed by atoms with E-state index >= 15 is 0 Å². The van der Waals surface area contributed by atoms with Gasteiger partial charge in [0.2, 0.25) is 11.0 Å². The predicted molar refractivity (Wildman–Crippen MR) is 164 cm³/mol. The molecular formula is C30H29N7O4S2. The lowest BCUT2D eigenvalue weighted by molar-refractivity contribution is -0.118. The summed E-state index contributed by atoms with van der Waals surface area (Å²) in [7, 11) is 1.56. The van der Waals surface area contributed by atoms with Gasteiger partial charge in [-0.3, -0.25) is 19.3 Å². The number of allylic oxidation sites excluding steroid dienone is 3. The number of anilines is 2. The first-order valence-corrected chi connectivity index (χ1v) is 15.1. The van der Waals surface area contributed by atoms with E-state index in [1.807, 2.05) is 32.0 Å². The van der Waals surface area contributed by atoms with Crippen molar-refractivity contribution in [1.29, 1.82) is 5.26 Å². The number of hydrogen-bond acceptors (Lipinski definition) is 11. The molecule has 0 spiro atoms. The van der Waals surface area contributed by atoms with Crippen LogP contribution in [0.15, 0.2) is 75.5 Å². The summed E-state index contributed by atoms with van der Waals surface area (Å²) in [4.78, 5) is 39.7. The number of ether oxygens (including phenoxy) is 1. The zero-order chi connectivity index (χ0) is 30.9. The number of methoxy groups -OCH3 is 1. The molecule has 43 heavy (non-hydrogen) atoms. The Kier molecular flexibility index (Phi) is 8.25. The van der Waals surface area contributed by atoms with E-state index in [-0.39, 0.29) is 39.8 Å². The van der Waals surface area contributed by atoms with E-state index < -0.39 is 11.8 Å². The molecule has 3 aromatic rings. The van der Waals surface area contributed by atoms with Crippen molar-refractivity contribution >= 4 is 51.5 Å². The number of aromatic nitrogens is 2. The Bertz CT molecular complexity index is 1740. The van der Waals surface area contributed by atoms with Crippen molar-refractivity contribution in [2.24, 2.45) is 16.9 Å². The van der Waals surface area contributed by atoms with Crippen molar-refractivity contribution < 1.29 is 19.1 Å². The molecule has 11 nitrogen and oxygen atoms in total. The first kappa shape index (κ1) is 29.8. The summed E-state index contributed by atoms with van der Waals surface area (Å²) in [6.45, 7) is 4.03. The van der Waals surface area contributed by atoms with Crippen LogP contribution in [-0.4, -0.2) is 40.7 Å². The molecule has 1 atom stereocenters. The average molecular weight is 616 g/mol. The Balaban J connectivity index is 1.46. The molecule has 0 fully saturated rings. The third-order valence-corrected chi connectivity index (χ3v) is 9.23. The van der Waals surface area contributed by atoms with Gasteiger partial charge in [-0.1, -0.05) is 61.2 Å². The quantitative estimate of drug-likeness (QED) is 0.309. The van der Waals surface area contributed by atoms with Crippen LogP contribution >= 0.6 is 23.1 Å². The van der Waals surface area contributed by atoms with Crippen LogP contribution in [0, 0.1) is 16.7 Å². The van der Waals surface area contributed by atoms with Crippen molar-refractivity contribution in [2.45, 2.75) is 36.9 Å². The Morgan fingerprint density at radius 1 is 1.21 bits per heavy atom. The molecule has 2 amide bonds. The highest BCUT2D eigenvalue weighted by Gasteiger charge is 2.45. The zero-order valence-corrected chi connectivity index (χ0v) is 25.3. The molecule has 0 bridgehead atoms. The van der Waals surface area contributed by atoms with Crippen LogP contribution < -0.4 is 26.4 Å². The van der Waals surface area contributed by atoms with Crippen LogP contribution in [0.2, 0.25) is 0 Å². The van der Waals surface area contributed by atoms with Gasteiger partial charge < -0.3 is 21.5 Å². The lowest BCUT2D eigenvalue weighted by Gasteiger charge is -2.42. The Morgan fingerprint density at radius 2 is 1.98 bits per heavy atom. The maximum atomic E-state index is 13.7. The molecule has 2 aromatic carbocycles. The number of nitrogens with two attached hydrogens (primary N) is 2. The number of para-hydroxylation sites is 1. The molecule has 1 aliphatic carbocycles. The van der Waals surface area contributed by atoms with Crippen LogP contribution in [0.25, 0.3) is 0 Å². The molecule has 1 aromatic heterocycles. The van der Waals surface area contributed by atoms with Crippen molar-refractivity contribution in [3.63, 3.8) is 0 Å². The highest BCUT2D eigenvalue weighted by molar-refractivity contribution is 8.01. The lowest BCUT2D eigenvalue weighted by atomic mass is 9.68. The van der Waals surface area contributed by atoms with Crippen molar-refractivity contribution in [1.82, 2.24) is 10.2 Å². The van der Waals surface area contributed by atoms with Gasteiger partial charge in [0.05, 0.1) is 41.7 Å². The number of nitrogens with zero attached hydrogens (tertiary/aromatic N) is 4. The SMILES string of the molecule is COc1cccc(C2C(C#N)=C(N)N(c3nnc(SCC(=O)Nc4ccccc4C(N)=O)s3)C3=C2C(=O)CC(C)(C)C3)c1. The third kappa shape index (κ3) is 5.97. The minimum atomic E-state index is -0.649. The second kappa shape index (κ2) is 11.9. The van der Waals surface area contributed by atoms with E-state index in [2.05, 4.69) is 21.6 Å². The number of Topliss-reactive ketones (excluding diaryl/α,β-unsaturated/α-hetero) is 1. The zero-order valence-electron chi connectivity index (χ0n) is 23.7. The predicted octanol–water partition coefficient (Wildman–Crippen LogP) is 4.32. The largest absolute Gasteiger partial charge is 0.497 e. The number of primary amides is 1. The Labute approximate surface area is 256 Å². The number of rotatable bonds is 8. The van der Waals surface area contributed by atoms with Gasteiger partial charge in [0.1, 0.15) is 11.6 Å². The molecule has 5 rings (SSSR count). The minimum absolute atomic E-state index is 0.00608. The number of amides is 2. The average Bonchev–Trinajstić information content (AvgIpc) is 3.43. The van der Waals surface area contributed by atoms with Crippen LogP contribution in [-0.2, 0) is 9.59 Å². The molecule has 1 aliphatic heterocycles. The summed E-state index contributed by atoms with van der Waals surface area (Å²) in [5.74, 6) is -0.936. The Morgan fingerprint density at radius 3 is 2.70 bits per heavy atom. The first-order chi connectivity index (χ1) is 20.5. The highest BCUT2D eigenvalue weighted by Crippen LogP contribution is 2.51. The number of ketones is 1. The summed E-state index contributed by atoms with van der Waals surface area (Å²) in [5, 5.41) is 22.0. The van der Waals surface area contributed by atoms with Gasteiger partial charge in [0.25, 0.3) is 5.91 Å². The molecule has 5 N–H and O–H groups in total. The summed E-state index contributed by atoms with van der Waals surface area (Å²) < 4.78 is 5.89. The maximum absolute atomic E-state index is 13.7. The molecular weight excluding hydrogens is 587 g/mol. The fraction of sp³-hybridized carbons (Fsp3) is 0.267. The highest BCUT2D eigenvalue weighted by atomic mass is 32.2. The normalized spacial score (nSPS) is 17.8. The summed E-state index contributed by atoms with van der Waals surface area (Å²) in [6, 6.07) is 16.0. The summed E-state index contributed by atoms with van der Waals surface area (Å²) in [5.41, 5.74) is 14.4. The van der Waals surface area contributed by atoms with Gasteiger partial charge in [-0.25, -0.2) is 0 Å². The lowest BCUT2D eigenvalue weighted by Crippen LogP contribution is -2.42. The van der Waals surface area contributed by atoms with Gasteiger partial charge >= 0.3 is 0 Å².